The van der Waals surface area contributed by atoms with Crippen molar-refractivity contribution < 1.29 is 18.0 Å². The summed E-state index contributed by atoms with van der Waals surface area (Å²) in [5, 5.41) is 2.72. The van der Waals surface area contributed by atoms with Crippen molar-refractivity contribution in [3.63, 3.8) is 0 Å². The first-order chi connectivity index (χ1) is 10.2. The van der Waals surface area contributed by atoms with Crippen LogP contribution in [0.1, 0.15) is 37.6 Å². The number of sulfonamides is 1. The predicted molar refractivity (Wildman–Crippen MR) is 84.2 cm³/mol. The summed E-state index contributed by atoms with van der Waals surface area (Å²) in [5.74, 6) is -0.481. The number of benzene rings is 1. The first kappa shape index (κ1) is 18.3. The van der Waals surface area contributed by atoms with Crippen LogP contribution in [-0.4, -0.2) is 44.0 Å². The van der Waals surface area contributed by atoms with Crippen molar-refractivity contribution >= 4 is 21.7 Å². The molecule has 0 radical (unpaired) electrons. The molecule has 0 aliphatic rings. The van der Waals surface area contributed by atoms with Gasteiger partial charge in [-0.2, -0.15) is 4.31 Å². The quantitative estimate of drug-likeness (QED) is 0.768. The minimum Gasteiger partial charge on any atom is -0.353 e. The molecule has 0 saturated carbocycles. The van der Waals surface area contributed by atoms with Crippen LogP contribution in [0.2, 0.25) is 0 Å². The molecule has 1 amide bonds. The van der Waals surface area contributed by atoms with Crippen molar-refractivity contribution in [3.05, 3.63) is 29.8 Å². The van der Waals surface area contributed by atoms with Gasteiger partial charge >= 0.3 is 0 Å². The number of nitrogens with zero attached hydrogens (tertiary/aromatic N) is 1. The molecule has 22 heavy (non-hydrogen) atoms. The van der Waals surface area contributed by atoms with E-state index in [2.05, 4.69) is 5.32 Å². The molecule has 0 aliphatic carbocycles. The highest BCUT2D eigenvalue weighted by Gasteiger charge is 2.23. The number of hydrogen-bond acceptors (Lipinski definition) is 4. The molecule has 1 aromatic carbocycles. The second-order valence-electron chi connectivity index (χ2n) is 5.22. The van der Waals surface area contributed by atoms with Crippen LogP contribution in [0.3, 0.4) is 0 Å². The molecular formula is C15H22N2O4S. The summed E-state index contributed by atoms with van der Waals surface area (Å²) >= 11 is 0. The van der Waals surface area contributed by atoms with Gasteiger partial charge in [0.2, 0.25) is 15.9 Å². The lowest BCUT2D eigenvalue weighted by atomic mass is 10.2. The molecule has 6 nitrogen and oxygen atoms in total. The Labute approximate surface area is 131 Å². The summed E-state index contributed by atoms with van der Waals surface area (Å²) in [5.41, 5.74) is 0.441. The Bertz CT molecular complexity index is 638. The van der Waals surface area contributed by atoms with Crippen LogP contribution in [0, 0.1) is 0 Å². The van der Waals surface area contributed by atoms with Crippen molar-refractivity contribution in [3.8, 4) is 0 Å². The van der Waals surface area contributed by atoms with Gasteiger partial charge in [0, 0.05) is 18.7 Å². The fourth-order valence-corrected chi connectivity index (χ4v) is 2.88. The Balaban J connectivity index is 2.84. The minimum absolute atomic E-state index is 0.00143. The molecular weight excluding hydrogens is 304 g/mol. The van der Waals surface area contributed by atoms with E-state index in [9.17, 15) is 18.0 Å². The van der Waals surface area contributed by atoms with Gasteiger partial charge in [0.1, 0.15) is 0 Å². The van der Waals surface area contributed by atoms with Crippen molar-refractivity contribution in [2.45, 2.75) is 38.1 Å². The average Bonchev–Trinajstić information content (AvgIpc) is 2.46. The van der Waals surface area contributed by atoms with E-state index in [-0.39, 0.29) is 29.2 Å². The van der Waals surface area contributed by atoms with Crippen LogP contribution in [0.5, 0.6) is 0 Å². The number of rotatable bonds is 7. The Morgan fingerprint density at radius 2 is 1.77 bits per heavy atom. The van der Waals surface area contributed by atoms with E-state index >= 15 is 0 Å². The molecule has 7 heteroatoms. The van der Waals surface area contributed by atoms with Gasteiger partial charge < -0.3 is 5.32 Å². The van der Waals surface area contributed by atoms with Crippen molar-refractivity contribution in [2.75, 3.05) is 13.6 Å². The summed E-state index contributed by atoms with van der Waals surface area (Å²) in [6.07, 6.45) is 0.773. The van der Waals surface area contributed by atoms with E-state index in [4.69, 9.17) is 0 Å². The summed E-state index contributed by atoms with van der Waals surface area (Å²) in [4.78, 5) is 23.0. The lowest BCUT2D eigenvalue weighted by Gasteiger charge is -2.18. The molecule has 1 unspecified atom stereocenters. The maximum absolute atomic E-state index is 12.4. The van der Waals surface area contributed by atoms with Crippen molar-refractivity contribution in [1.29, 1.82) is 0 Å². The topological polar surface area (TPSA) is 83.6 Å². The number of ketones is 1. The number of likely N-dealkylation sites (N-methyl/N-ethyl adjacent to an activating group) is 1. The molecule has 0 fully saturated rings. The molecule has 1 atom stereocenters. The highest BCUT2D eigenvalue weighted by atomic mass is 32.2. The van der Waals surface area contributed by atoms with E-state index in [0.29, 0.717) is 5.56 Å². The van der Waals surface area contributed by atoms with E-state index in [1.807, 2.05) is 13.8 Å². The molecule has 0 spiro atoms. The zero-order valence-corrected chi connectivity index (χ0v) is 14.1. The van der Waals surface area contributed by atoms with Gasteiger partial charge in [0.25, 0.3) is 0 Å². The number of Topliss-reactive ketones (excluding diaryl/α,β-unsaturated/α-hetero) is 1. The van der Waals surface area contributed by atoms with Gasteiger partial charge in [-0.15, -0.1) is 0 Å². The SMILES string of the molecule is CCC(C)NC(=O)CN(C)S(=O)(=O)c1ccc(C(C)=O)cc1. The monoisotopic (exact) mass is 326 g/mol. The summed E-state index contributed by atoms with van der Waals surface area (Å²) in [6, 6.07) is 5.66. The highest BCUT2D eigenvalue weighted by molar-refractivity contribution is 7.89. The fraction of sp³-hybridized carbons (Fsp3) is 0.467. The van der Waals surface area contributed by atoms with Crippen molar-refractivity contribution in [2.24, 2.45) is 0 Å². The van der Waals surface area contributed by atoms with E-state index in [1.54, 1.807) is 0 Å². The zero-order valence-electron chi connectivity index (χ0n) is 13.3. The molecule has 122 valence electrons. The molecule has 0 heterocycles. The third-order valence-corrected chi connectivity index (χ3v) is 5.17. The number of carbonyl (C=O) groups is 2. The lowest BCUT2D eigenvalue weighted by molar-refractivity contribution is -0.121. The first-order valence-corrected chi connectivity index (χ1v) is 8.49. The lowest BCUT2D eigenvalue weighted by Crippen LogP contribution is -2.41. The third-order valence-electron chi connectivity index (χ3n) is 3.36. The number of hydrogen-bond donors (Lipinski definition) is 1. The minimum atomic E-state index is -3.76. The molecule has 1 rings (SSSR count). The van der Waals surface area contributed by atoms with E-state index in [0.717, 1.165) is 10.7 Å². The molecule has 1 N–H and O–H groups in total. The maximum Gasteiger partial charge on any atom is 0.243 e. The third kappa shape index (κ3) is 4.64. The number of amides is 1. The maximum atomic E-state index is 12.4. The average molecular weight is 326 g/mol. The zero-order chi connectivity index (χ0) is 16.9. The highest BCUT2D eigenvalue weighted by Crippen LogP contribution is 2.15. The Kier molecular flexibility index (Phi) is 6.25. The smallest absolute Gasteiger partial charge is 0.243 e. The second kappa shape index (κ2) is 7.51. The predicted octanol–water partition coefficient (Wildman–Crippen LogP) is 1.42. The Morgan fingerprint density at radius 3 is 2.23 bits per heavy atom. The van der Waals surface area contributed by atoms with E-state index < -0.39 is 10.0 Å². The molecule has 1 aromatic rings. The summed E-state index contributed by atoms with van der Waals surface area (Å²) in [6.45, 7) is 4.95. The van der Waals surface area contributed by atoms with Crippen LogP contribution >= 0.6 is 0 Å². The van der Waals surface area contributed by atoms with E-state index in [1.165, 1.54) is 38.2 Å². The van der Waals surface area contributed by atoms with Gasteiger partial charge in [0.05, 0.1) is 11.4 Å². The largest absolute Gasteiger partial charge is 0.353 e. The van der Waals surface area contributed by atoms with Crippen LogP contribution in [0.25, 0.3) is 0 Å². The number of nitrogens with one attached hydrogen (secondary N) is 1. The van der Waals surface area contributed by atoms with Crippen LogP contribution in [0.4, 0.5) is 0 Å². The molecule has 0 saturated heterocycles. The van der Waals surface area contributed by atoms with Gasteiger partial charge in [-0.1, -0.05) is 19.1 Å². The standard InChI is InChI=1S/C15H22N2O4S/c1-5-11(2)16-15(19)10-17(4)22(20,21)14-8-6-13(7-9-14)12(3)18/h6-9,11H,5,10H2,1-4H3,(H,16,19). The summed E-state index contributed by atoms with van der Waals surface area (Å²) in [7, 11) is -2.41. The van der Waals surface area contributed by atoms with Gasteiger partial charge in [-0.3, -0.25) is 9.59 Å². The molecule has 0 aromatic heterocycles. The molecule has 0 aliphatic heterocycles. The van der Waals surface area contributed by atoms with Gasteiger partial charge in [0.15, 0.2) is 5.78 Å². The van der Waals surface area contributed by atoms with Crippen LogP contribution < -0.4 is 5.32 Å². The molecule has 0 bridgehead atoms. The Morgan fingerprint density at radius 1 is 1.23 bits per heavy atom. The summed E-state index contributed by atoms with van der Waals surface area (Å²) < 4.78 is 25.7. The van der Waals surface area contributed by atoms with Gasteiger partial charge in [-0.25, -0.2) is 8.42 Å². The first-order valence-electron chi connectivity index (χ1n) is 7.05. The second-order valence-corrected chi connectivity index (χ2v) is 7.26. The van der Waals surface area contributed by atoms with Crippen LogP contribution in [-0.2, 0) is 14.8 Å². The van der Waals surface area contributed by atoms with Crippen molar-refractivity contribution in [1.82, 2.24) is 9.62 Å². The normalized spacial score (nSPS) is 13.0. The van der Waals surface area contributed by atoms with Gasteiger partial charge in [-0.05, 0) is 32.4 Å². The number of carbonyl (C=O) groups excluding carboxylic acids is 2. The van der Waals surface area contributed by atoms with Crippen LogP contribution in [0.15, 0.2) is 29.2 Å². The fourth-order valence-electron chi connectivity index (χ4n) is 1.75. The Hall–Kier alpha value is -1.73.